The zero-order chi connectivity index (χ0) is 18.6. The molecule has 8 heteroatoms. The van der Waals surface area contributed by atoms with Gasteiger partial charge in [0.05, 0.1) is 10.5 Å². The first-order valence-electron chi connectivity index (χ1n) is 7.11. The molecule has 0 radical (unpaired) electrons. The highest BCUT2D eigenvalue weighted by atomic mass is 16.6. The summed E-state index contributed by atoms with van der Waals surface area (Å²) in [6.45, 7) is 2.83. The lowest BCUT2D eigenvalue weighted by molar-refractivity contribution is -0.384. The Morgan fingerprint density at radius 1 is 1.32 bits per heavy atom. The molecular formula is C17H13N3O5. The summed E-state index contributed by atoms with van der Waals surface area (Å²) in [7, 11) is 0. The number of rotatable bonds is 5. The monoisotopic (exact) mass is 339 g/mol. The van der Waals surface area contributed by atoms with Crippen molar-refractivity contribution in [2.75, 3.05) is 5.32 Å². The molecule has 0 unspecified atom stereocenters. The van der Waals surface area contributed by atoms with Gasteiger partial charge in [-0.05, 0) is 37.6 Å². The van der Waals surface area contributed by atoms with Crippen LogP contribution in [0.3, 0.4) is 0 Å². The summed E-state index contributed by atoms with van der Waals surface area (Å²) in [6, 6.07) is 7.47. The van der Waals surface area contributed by atoms with Crippen molar-refractivity contribution in [1.82, 2.24) is 0 Å². The number of carbonyl (C=O) groups is 2. The van der Waals surface area contributed by atoms with E-state index in [2.05, 4.69) is 5.32 Å². The number of nitrogens with one attached hydrogen (secondary N) is 1. The number of carbonyl (C=O) groups excluding carboxylic acids is 2. The molecule has 0 atom stereocenters. The molecule has 8 nitrogen and oxygen atoms in total. The third-order valence-corrected chi connectivity index (χ3v) is 3.32. The molecule has 0 aliphatic carbocycles. The van der Waals surface area contributed by atoms with Gasteiger partial charge in [0.25, 0.3) is 11.6 Å². The highest BCUT2D eigenvalue weighted by Crippen LogP contribution is 2.26. The number of amides is 1. The van der Waals surface area contributed by atoms with Gasteiger partial charge in [0.1, 0.15) is 17.4 Å². The maximum atomic E-state index is 12.0. The predicted octanol–water partition coefficient (Wildman–Crippen LogP) is 3.22. The Balaban J connectivity index is 2.15. The molecule has 0 saturated carbocycles. The molecule has 2 aromatic rings. The molecule has 1 N–H and O–H groups in total. The second kappa shape index (κ2) is 7.23. The van der Waals surface area contributed by atoms with E-state index in [1.165, 1.54) is 50.3 Å². The van der Waals surface area contributed by atoms with Gasteiger partial charge in [-0.2, -0.15) is 5.26 Å². The molecule has 25 heavy (non-hydrogen) atoms. The van der Waals surface area contributed by atoms with Gasteiger partial charge in [-0.15, -0.1) is 0 Å². The number of anilines is 1. The van der Waals surface area contributed by atoms with E-state index in [1.54, 1.807) is 0 Å². The fraction of sp³-hybridized carbons (Fsp3) is 0.118. The summed E-state index contributed by atoms with van der Waals surface area (Å²) in [5.41, 5.74) is 0.642. The lowest BCUT2D eigenvalue weighted by atomic mass is 10.1. The van der Waals surface area contributed by atoms with E-state index in [0.29, 0.717) is 5.56 Å². The summed E-state index contributed by atoms with van der Waals surface area (Å²) in [5, 5.41) is 22.2. The van der Waals surface area contributed by atoms with Crippen molar-refractivity contribution in [1.29, 1.82) is 5.26 Å². The molecule has 0 fully saturated rings. The van der Waals surface area contributed by atoms with E-state index in [1.807, 2.05) is 6.07 Å². The van der Waals surface area contributed by atoms with Crippen LogP contribution in [0.2, 0.25) is 0 Å². The number of aryl methyl sites for hydroxylation is 1. The van der Waals surface area contributed by atoms with E-state index < -0.39 is 10.8 Å². The average molecular weight is 339 g/mol. The summed E-state index contributed by atoms with van der Waals surface area (Å²) in [5.74, 6) is -0.749. The molecule has 0 aliphatic heterocycles. The van der Waals surface area contributed by atoms with Crippen LogP contribution in [-0.4, -0.2) is 16.6 Å². The number of nitro benzene ring substituents is 1. The minimum Gasteiger partial charge on any atom is -0.443 e. The van der Waals surface area contributed by atoms with Gasteiger partial charge in [0, 0.05) is 18.2 Å². The van der Waals surface area contributed by atoms with Crippen LogP contribution in [0.4, 0.5) is 11.6 Å². The van der Waals surface area contributed by atoms with Crippen molar-refractivity contribution < 1.29 is 18.9 Å². The maximum Gasteiger partial charge on any atom is 0.269 e. The second-order valence-electron chi connectivity index (χ2n) is 5.08. The van der Waals surface area contributed by atoms with Gasteiger partial charge in [0.2, 0.25) is 5.88 Å². The van der Waals surface area contributed by atoms with Gasteiger partial charge < -0.3 is 4.42 Å². The Morgan fingerprint density at radius 2 is 1.96 bits per heavy atom. The van der Waals surface area contributed by atoms with Crippen molar-refractivity contribution in [3.63, 3.8) is 0 Å². The average Bonchev–Trinajstić information content (AvgIpc) is 2.88. The lowest BCUT2D eigenvalue weighted by Gasteiger charge is -1.98. The zero-order valence-electron chi connectivity index (χ0n) is 13.4. The normalized spacial score (nSPS) is 10.4. The number of non-ortho nitro benzene ring substituents is 1. The molecule has 1 aromatic carbocycles. The Morgan fingerprint density at radius 3 is 2.48 bits per heavy atom. The van der Waals surface area contributed by atoms with Gasteiger partial charge in [0.15, 0.2) is 5.78 Å². The van der Waals surface area contributed by atoms with Crippen molar-refractivity contribution >= 4 is 29.3 Å². The van der Waals surface area contributed by atoms with Crippen LogP contribution in [0.5, 0.6) is 0 Å². The SMILES string of the molecule is CC(=O)c1c(C)oc(NC(=O)/C=C/c2ccc([N+](=O)[O-])cc2)c1C#N. The van der Waals surface area contributed by atoms with E-state index in [9.17, 15) is 19.7 Å². The molecule has 0 aliphatic rings. The summed E-state index contributed by atoms with van der Waals surface area (Å²) < 4.78 is 5.28. The lowest BCUT2D eigenvalue weighted by Crippen LogP contribution is -2.08. The number of nitro groups is 1. The highest BCUT2D eigenvalue weighted by molar-refractivity contribution is 6.04. The van der Waals surface area contributed by atoms with Gasteiger partial charge in [-0.25, -0.2) is 0 Å². The van der Waals surface area contributed by atoms with Crippen LogP contribution in [-0.2, 0) is 4.79 Å². The number of nitriles is 1. The Bertz CT molecular complexity index is 917. The van der Waals surface area contributed by atoms with Gasteiger partial charge >= 0.3 is 0 Å². The van der Waals surface area contributed by atoms with Crippen LogP contribution >= 0.6 is 0 Å². The quantitative estimate of drug-likeness (QED) is 0.386. The topological polar surface area (TPSA) is 126 Å². The van der Waals surface area contributed by atoms with Crippen molar-refractivity contribution in [2.45, 2.75) is 13.8 Å². The largest absolute Gasteiger partial charge is 0.443 e. The minimum absolute atomic E-state index is 0.0258. The first-order valence-corrected chi connectivity index (χ1v) is 7.11. The number of hydrogen-bond donors (Lipinski definition) is 1. The third-order valence-electron chi connectivity index (χ3n) is 3.32. The van der Waals surface area contributed by atoms with Crippen molar-refractivity contribution in [3.05, 3.63) is 62.9 Å². The van der Waals surface area contributed by atoms with E-state index >= 15 is 0 Å². The van der Waals surface area contributed by atoms with E-state index in [4.69, 9.17) is 9.68 Å². The molecular weight excluding hydrogens is 326 g/mol. The van der Waals surface area contributed by atoms with Gasteiger partial charge in [-0.1, -0.05) is 0 Å². The van der Waals surface area contributed by atoms with Crippen molar-refractivity contribution in [3.8, 4) is 6.07 Å². The van der Waals surface area contributed by atoms with Crippen molar-refractivity contribution in [2.24, 2.45) is 0 Å². The Kier molecular flexibility index (Phi) is 5.09. The third kappa shape index (κ3) is 3.97. The highest BCUT2D eigenvalue weighted by Gasteiger charge is 2.21. The summed E-state index contributed by atoms with van der Waals surface area (Å²) in [4.78, 5) is 33.6. The number of ketones is 1. The fourth-order valence-electron chi connectivity index (χ4n) is 2.20. The number of furan rings is 1. The number of nitrogens with zero attached hydrogens (tertiary/aromatic N) is 2. The second-order valence-corrected chi connectivity index (χ2v) is 5.08. The Labute approximate surface area is 142 Å². The Hall–Kier alpha value is -3.73. The van der Waals surface area contributed by atoms with Crippen LogP contribution in [0.15, 0.2) is 34.8 Å². The molecule has 0 saturated heterocycles. The predicted molar refractivity (Wildman–Crippen MR) is 88.9 cm³/mol. The minimum atomic E-state index is -0.571. The number of benzene rings is 1. The van der Waals surface area contributed by atoms with Crippen LogP contribution < -0.4 is 5.32 Å². The summed E-state index contributed by atoms with van der Waals surface area (Å²) in [6.07, 6.45) is 2.64. The van der Waals surface area contributed by atoms with Crippen LogP contribution in [0, 0.1) is 28.4 Å². The maximum absolute atomic E-state index is 12.0. The first-order chi connectivity index (χ1) is 11.8. The standard InChI is InChI=1S/C17H13N3O5/c1-10(21)16-11(2)25-17(14(16)9-18)19-15(22)8-5-12-3-6-13(7-4-12)20(23)24/h3-8H,1-2H3,(H,19,22)/b8-5+. The molecule has 126 valence electrons. The molecule has 0 bridgehead atoms. The smallest absolute Gasteiger partial charge is 0.269 e. The number of Topliss-reactive ketones (excluding diaryl/α,β-unsaturated/α-hetero) is 1. The molecule has 1 heterocycles. The van der Waals surface area contributed by atoms with E-state index in [-0.39, 0.29) is 34.2 Å². The molecule has 1 amide bonds. The van der Waals surface area contributed by atoms with E-state index in [0.717, 1.165) is 0 Å². The van der Waals surface area contributed by atoms with Crippen LogP contribution in [0.1, 0.15) is 34.2 Å². The first kappa shape index (κ1) is 17.6. The molecule has 1 aromatic heterocycles. The van der Waals surface area contributed by atoms with Crippen LogP contribution in [0.25, 0.3) is 6.08 Å². The number of hydrogen-bond acceptors (Lipinski definition) is 6. The molecule has 2 rings (SSSR count). The fourth-order valence-corrected chi connectivity index (χ4v) is 2.20. The molecule has 0 spiro atoms. The zero-order valence-corrected chi connectivity index (χ0v) is 13.4. The van der Waals surface area contributed by atoms with Gasteiger partial charge in [-0.3, -0.25) is 25.0 Å². The summed E-state index contributed by atoms with van der Waals surface area (Å²) >= 11 is 0.